The van der Waals surface area contributed by atoms with E-state index in [4.69, 9.17) is 15.9 Å². The number of carboxylic acid groups (broad SMARTS) is 2. The lowest BCUT2D eigenvalue weighted by atomic mass is 10.1. The maximum absolute atomic E-state index is 11.6. The van der Waals surface area contributed by atoms with Crippen molar-refractivity contribution in [2.75, 3.05) is 0 Å². The Hall–Kier alpha value is -2.42. The summed E-state index contributed by atoms with van der Waals surface area (Å²) in [6.45, 7) is 0. The maximum Gasteiger partial charge on any atom is 0.326 e. The molecule has 0 fully saturated rings. The van der Waals surface area contributed by atoms with Crippen molar-refractivity contribution in [2.45, 2.75) is 31.3 Å². The average Bonchev–Trinajstić information content (AvgIpc) is 2.79. The minimum atomic E-state index is -1.19. The van der Waals surface area contributed by atoms with Crippen LogP contribution >= 0.6 is 0 Å². The van der Waals surface area contributed by atoms with Gasteiger partial charge in [0.25, 0.3) is 0 Å². The summed E-state index contributed by atoms with van der Waals surface area (Å²) < 4.78 is 0. The lowest BCUT2D eigenvalue weighted by Crippen LogP contribution is -2.44. The first-order valence-electron chi connectivity index (χ1n) is 5.85. The average molecular weight is 284 g/mol. The Morgan fingerprint density at radius 3 is 2.55 bits per heavy atom. The second kappa shape index (κ2) is 7.24. The van der Waals surface area contributed by atoms with Gasteiger partial charge in [0.2, 0.25) is 5.91 Å². The number of amides is 1. The molecule has 0 aliphatic rings. The van der Waals surface area contributed by atoms with Crippen LogP contribution < -0.4 is 11.1 Å². The third kappa shape index (κ3) is 5.48. The molecule has 0 saturated heterocycles. The van der Waals surface area contributed by atoms with E-state index in [2.05, 4.69) is 15.3 Å². The van der Waals surface area contributed by atoms with Crippen molar-refractivity contribution in [3.05, 3.63) is 18.2 Å². The van der Waals surface area contributed by atoms with Gasteiger partial charge in [-0.1, -0.05) is 0 Å². The molecule has 1 amide bonds. The van der Waals surface area contributed by atoms with Crippen LogP contribution in [-0.2, 0) is 20.8 Å². The molecule has 6 N–H and O–H groups in total. The van der Waals surface area contributed by atoms with Gasteiger partial charge >= 0.3 is 11.9 Å². The fourth-order valence-corrected chi connectivity index (χ4v) is 1.60. The van der Waals surface area contributed by atoms with Gasteiger partial charge in [0, 0.05) is 30.8 Å². The maximum atomic E-state index is 11.6. The molecule has 0 bridgehead atoms. The molecule has 1 aromatic heterocycles. The third-order valence-electron chi connectivity index (χ3n) is 2.50. The normalized spacial score (nSPS) is 13.4. The van der Waals surface area contributed by atoms with E-state index < -0.39 is 29.9 Å². The zero-order valence-corrected chi connectivity index (χ0v) is 10.6. The first-order valence-corrected chi connectivity index (χ1v) is 5.85. The standard InChI is InChI=1S/C11H16N4O5/c12-6(2-10(17)18)1-9(16)15-8(11(19)20)3-7-4-13-5-14-7/h4-6,8H,1-3,12H2,(H,13,14)(H,15,16)(H,17,18)(H,19,20). The SMILES string of the molecule is NC(CC(=O)O)CC(=O)NC(Cc1cnc[nH]1)C(=O)O. The molecule has 2 unspecified atom stereocenters. The van der Waals surface area contributed by atoms with Crippen LogP contribution in [0.4, 0.5) is 0 Å². The number of carbonyl (C=O) groups excluding carboxylic acids is 1. The van der Waals surface area contributed by atoms with Gasteiger partial charge in [-0.15, -0.1) is 0 Å². The highest BCUT2D eigenvalue weighted by Gasteiger charge is 2.22. The van der Waals surface area contributed by atoms with Crippen molar-refractivity contribution in [1.82, 2.24) is 15.3 Å². The number of rotatable bonds is 8. The molecule has 9 heteroatoms. The number of aliphatic carboxylic acids is 2. The van der Waals surface area contributed by atoms with Crippen molar-refractivity contribution in [3.8, 4) is 0 Å². The van der Waals surface area contributed by atoms with E-state index >= 15 is 0 Å². The van der Waals surface area contributed by atoms with Gasteiger partial charge < -0.3 is 26.2 Å². The van der Waals surface area contributed by atoms with Gasteiger partial charge in [-0.05, 0) is 0 Å². The summed E-state index contributed by atoms with van der Waals surface area (Å²) in [5.74, 6) is -2.91. The summed E-state index contributed by atoms with van der Waals surface area (Å²) in [7, 11) is 0. The van der Waals surface area contributed by atoms with Gasteiger partial charge in [0.15, 0.2) is 0 Å². The summed E-state index contributed by atoms with van der Waals surface area (Å²) >= 11 is 0. The number of aromatic amines is 1. The molecule has 0 aromatic carbocycles. The predicted octanol–water partition coefficient (Wildman–Crippen LogP) is -1.29. The number of nitrogens with zero attached hydrogens (tertiary/aromatic N) is 1. The Kier molecular flexibility index (Phi) is 5.66. The Morgan fingerprint density at radius 1 is 1.35 bits per heavy atom. The number of H-pyrrole nitrogens is 1. The predicted molar refractivity (Wildman–Crippen MR) is 66.7 cm³/mol. The van der Waals surface area contributed by atoms with Crippen LogP contribution in [0.3, 0.4) is 0 Å². The van der Waals surface area contributed by atoms with Crippen molar-refractivity contribution < 1.29 is 24.6 Å². The minimum absolute atomic E-state index is 0.0508. The molecular weight excluding hydrogens is 268 g/mol. The van der Waals surface area contributed by atoms with E-state index in [1.165, 1.54) is 12.5 Å². The number of hydrogen-bond donors (Lipinski definition) is 5. The molecule has 9 nitrogen and oxygen atoms in total. The Morgan fingerprint density at radius 2 is 2.05 bits per heavy atom. The van der Waals surface area contributed by atoms with Crippen LogP contribution in [0.5, 0.6) is 0 Å². The smallest absolute Gasteiger partial charge is 0.326 e. The number of nitrogens with two attached hydrogens (primary N) is 1. The summed E-state index contributed by atoms with van der Waals surface area (Å²) in [5, 5.41) is 19.8. The molecule has 1 aromatic rings. The quantitative estimate of drug-likeness (QED) is 0.397. The van der Waals surface area contributed by atoms with Gasteiger partial charge in [-0.3, -0.25) is 9.59 Å². The molecule has 1 heterocycles. The summed E-state index contributed by atoms with van der Waals surface area (Å²) in [6, 6.07) is -1.98. The largest absolute Gasteiger partial charge is 0.481 e. The van der Waals surface area contributed by atoms with Gasteiger partial charge in [-0.25, -0.2) is 9.78 Å². The van der Waals surface area contributed by atoms with E-state index in [0.717, 1.165) is 0 Å². The molecule has 110 valence electrons. The highest BCUT2D eigenvalue weighted by atomic mass is 16.4. The fourth-order valence-electron chi connectivity index (χ4n) is 1.60. The second-order valence-corrected chi connectivity index (χ2v) is 4.30. The topological polar surface area (TPSA) is 158 Å². The van der Waals surface area contributed by atoms with E-state index in [-0.39, 0.29) is 19.3 Å². The molecule has 0 aliphatic carbocycles. The van der Waals surface area contributed by atoms with Crippen molar-refractivity contribution in [3.63, 3.8) is 0 Å². The highest BCUT2D eigenvalue weighted by Crippen LogP contribution is 2.01. The molecule has 0 radical (unpaired) electrons. The zero-order valence-electron chi connectivity index (χ0n) is 10.6. The molecule has 0 spiro atoms. The number of aromatic nitrogens is 2. The van der Waals surface area contributed by atoms with E-state index in [1.807, 2.05) is 0 Å². The van der Waals surface area contributed by atoms with E-state index in [9.17, 15) is 14.4 Å². The number of carboxylic acids is 2. The summed E-state index contributed by atoms with van der Waals surface area (Å²) in [6.07, 6.45) is 2.30. The van der Waals surface area contributed by atoms with Crippen molar-refractivity contribution >= 4 is 17.8 Å². The molecule has 1 rings (SSSR count). The lowest BCUT2D eigenvalue weighted by Gasteiger charge is -2.15. The number of imidazole rings is 1. The van der Waals surface area contributed by atoms with Crippen molar-refractivity contribution in [2.24, 2.45) is 5.73 Å². The monoisotopic (exact) mass is 284 g/mol. The van der Waals surface area contributed by atoms with Gasteiger partial charge in [0.05, 0.1) is 12.7 Å². The third-order valence-corrected chi connectivity index (χ3v) is 2.50. The Bertz CT molecular complexity index is 473. The first kappa shape index (κ1) is 15.6. The molecular formula is C11H16N4O5. The number of carbonyl (C=O) groups is 3. The molecule has 0 aliphatic heterocycles. The summed E-state index contributed by atoms with van der Waals surface area (Å²) in [4.78, 5) is 39.6. The van der Waals surface area contributed by atoms with Crippen LogP contribution in [0, 0.1) is 0 Å². The molecule has 0 saturated carbocycles. The van der Waals surface area contributed by atoms with E-state index in [0.29, 0.717) is 5.69 Å². The molecule has 2 atom stereocenters. The van der Waals surface area contributed by atoms with Crippen LogP contribution in [0.2, 0.25) is 0 Å². The van der Waals surface area contributed by atoms with E-state index in [1.54, 1.807) is 0 Å². The van der Waals surface area contributed by atoms with Gasteiger partial charge in [-0.2, -0.15) is 0 Å². The zero-order chi connectivity index (χ0) is 15.1. The van der Waals surface area contributed by atoms with Gasteiger partial charge in [0.1, 0.15) is 6.04 Å². The minimum Gasteiger partial charge on any atom is -0.481 e. The van der Waals surface area contributed by atoms with Crippen LogP contribution in [0.15, 0.2) is 12.5 Å². The van der Waals surface area contributed by atoms with Crippen LogP contribution in [-0.4, -0.2) is 50.1 Å². The first-order chi connectivity index (χ1) is 9.38. The molecule has 20 heavy (non-hydrogen) atoms. The fraction of sp³-hybridized carbons (Fsp3) is 0.455. The highest BCUT2D eigenvalue weighted by molar-refractivity contribution is 5.84. The Labute approximate surface area is 114 Å². The number of nitrogens with one attached hydrogen (secondary N) is 2. The summed E-state index contributed by atoms with van der Waals surface area (Å²) in [5.41, 5.74) is 6.02. The van der Waals surface area contributed by atoms with Crippen LogP contribution in [0.25, 0.3) is 0 Å². The lowest BCUT2D eigenvalue weighted by molar-refractivity contribution is -0.142. The van der Waals surface area contributed by atoms with Crippen LogP contribution in [0.1, 0.15) is 18.5 Å². The second-order valence-electron chi connectivity index (χ2n) is 4.30. The number of hydrogen-bond acceptors (Lipinski definition) is 5. The van der Waals surface area contributed by atoms with Crippen molar-refractivity contribution in [1.29, 1.82) is 0 Å². The Balaban J connectivity index is 2.51.